The highest BCUT2D eigenvalue weighted by molar-refractivity contribution is 6.01. The molecule has 0 aliphatic heterocycles. The summed E-state index contributed by atoms with van der Waals surface area (Å²) >= 11 is 0. The molecule has 0 saturated heterocycles. The second-order valence-corrected chi connectivity index (χ2v) is 4.47. The Hall–Kier alpha value is -2.05. The molecule has 0 amide bonds. The number of nitrogens with zero attached hydrogens (tertiary/aromatic N) is 2. The van der Waals surface area contributed by atoms with Crippen molar-refractivity contribution in [3.63, 3.8) is 0 Å². The van der Waals surface area contributed by atoms with Crippen LogP contribution in [-0.4, -0.2) is 27.0 Å². The topological polar surface area (TPSA) is 55.1 Å². The molecule has 0 atom stereocenters. The number of carboxylic acids is 1. The minimum atomic E-state index is -4.15. The number of carboxylic acid groups (broad SMARTS) is 1. The average molecular weight is 286 g/mol. The Balaban J connectivity index is 2.12. The summed E-state index contributed by atoms with van der Waals surface area (Å²) in [5.74, 6) is -1.14. The summed E-state index contributed by atoms with van der Waals surface area (Å²) in [5.41, 5.74) is 0.549. The molecule has 2 rings (SSSR count). The largest absolute Gasteiger partial charge is 0.476 e. The highest BCUT2D eigenvalue weighted by Gasteiger charge is 2.26. The number of hydrogen-bond acceptors (Lipinski definition) is 2. The molecule has 1 heterocycles. The lowest BCUT2D eigenvalue weighted by Gasteiger charge is -2.06. The number of para-hydroxylation sites is 1. The third-order valence-corrected chi connectivity index (χ3v) is 2.94. The van der Waals surface area contributed by atoms with Gasteiger partial charge in [-0.2, -0.15) is 18.3 Å². The first-order valence-electron chi connectivity index (χ1n) is 6.14. The third kappa shape index (κ3) is 3.28. The van der Waals surface area contributed by atoms with E-state index in [1.54, 1.807) is 24.3 Å². The zero-order valence-electron chi connectivity index (χ0n) is 10.5. The summed E-state index contributed by atoms with van der Waals surface area (Å²) in [4.78, 5) is 11.1. The van der Waals surface area contributed by atoms with Crippen molar-refractivity contribution in [2.24, 2.45) is 0 Å². The van der Waals surface area contributed by atoms with Gasteiger partial charge < -0.3 is 5.11 Å². The fourth-order valence-corrected chi connectivity index (χ4v) is 2.04. The summed E-state index contributed by atoms with van der Waals surface area (Å²) in [6.07, 6.45) is -4.69. The van der Waals surface area contributed by atoms with Crippen LogP contribution in [0.5, 0.6) is 0 Å². The lowest BCUT2D eigenvalue weighted by molar-refractivity contribution is -0.135. The minimum Gasteiger partial charge on any atom is -0.476 e. The number of hydrogen-bond donors (Lipinski definition) is 1. The number of aromatic carboxylic acids is 1. The second-order valence-electron chi connectivity index (χ2n) is 4.47. The molecular formula is C13H13F3N2O2. The van der Waals surface area contributed by atoms with Gasteiger partial charge in [-0.05, 0) is 18.9 Å². The first kappa shape index (κ1) is 14.4. The van der Waals surface area contributed by atoms with Gasteiger partial charge >= 0.3 is 12.1 Å². The zero-order chi connectivity index (χ0) is 14.8. The van der Waals surface area contributed by atoms with Crippen LogP contribution >= 0.6 is 0 Å². The van der Waals surface area contributed by atoms with Crippen LogP contribution in [-0.2, 0) is 6.54 Å². The van der Waals surface area contributed by atoms with Crippen LogP contribution in [0.4, 0.5) is 13.2 Å². The molecule has 4 nitrogen and oxygen atoms in total. The first-order chi connectivity index (χ1) is 9.38. The maximum absolute atomic E-state index is 12.0. The quantitative estimate of drug-likeness (QED) is 0.856. The van der Waals surface area contributed by atoms with Gasteiger partial charge in [0.2, 0.25) is 0 Å². The molecule has 108 valence electrons. The van der Waals surface area contributed by atoms with Gasteiger partial charge in [0.05, 0.1) is 5.52 Å². The van der Waals surface area contributed by atoms with Crippen LogP contribution in [0.2, 0.25) is 0 Å². The normalized spacial score (nSPS) is 11.9. The van der Waals surface area contributed by atoms with Gasteiger partial charge in [-0.25, -0.2) is 4.79 Å². The van der Waals surface area contributed by atoms with Crippen molar-refractivity contribution in [3.05, 3.63) is 30.0 Å². The van der Waals surface area contributed by atoms with E-state index in [1.165, 1.54) is 4.68 Å². The Labute approximate surface area is 112 Å². The van der Waals surface area contributed by atoms with Gasteiger partial charge in [-0.1, -0.05) is 18.2 Å². The molecule has 7 heteroatoms. The van der Waals surface area contributed by atoms with Gasteiger partial charge in [0.1, 0.15) is 0 Å². The number of unbranched alkanes of at least 4 members (excludes halogenated alkanes) is 1. The molecule has 0 fully saturated rings. The number of carbonyl (C=O) groups is 1. The van der Waals surface area contributed by atoms with Crippen LogP contribution < -0.4 is 0 Å². The molecule has 1 aromatic heterocycles. The van der Waals surface area contributed by atoms with Crippen molar-refractivity contribution in [2.45, 2.75) is 32.0 Å². The van der Waals surface area contributed by atoms with Crippen LogP contribution in [0.25, 0.3) is 10.9 Å². The summed E-state index contributed by atoms with van der Waals surface area (Å²) < 4.78 is 37.6. The predicted molar refractivity (Wildman–Crippen MR) is 66.6 cm³/mol. The number of aromatic nitrogens is 2. The third-order valence-electron chi connectivity index (χ3n) is 2.94. The number of rotatable bonds is 5. The summed E-state index contributed by atoms with van der Waals surface area (Å²) in [6, 6.07) is 6.78. The van der Waals surface area contributed by atoms with Crippen LogP contribution in [0.15, 0.2) is 24.3 Å². The molecule has 0 radical (unpaired) electrons. The van der Waals surface area contributed by atoms with Crippen molar-refractivity contribution in [1.29, 1.82) is 0 Å². The molecule has 0 bridgehead atoms. The molecule has 0 unspecified atom stereocenters. The monoisotopic (exact) mass is 286 g/mol. The van der Waals surface area contributed by atoms with E-state index < -0.39 is 18.6 Å². The van der Waals surface area contributed by atoms with Gasteiger partial charge in [-0.3, -0.25) is 4.68 Å². The van der Waals surface area contributed by atoms with Gasteiger partial charge in [0, 0.05) is 18.4 Å². The fourth-order valence-electron chi connectivity index (χ4n) is 2.04. The van der Waals surface area contributed by atoms with E-state index in [9.17, 15) is 18.0 Å². The smallest absolute Gasteiger partial charge is 0.389 e. The number of benzene rings is 1. The average Bonchev–Trinajstić information content (AvgIpc) is 2.73. The molecular weight excluding hydrogens is 273 g/mol. The summed E-state index contributed by atoms with van der Waals surface area (Å²) in [6.45, 7) is 0.268. The molecule has 0 aliphatic rings. The van der Waals surface area contributed by atoms with Crippen molar-refractivity contribution >= 4 is 16.9 Å². The Morgan fingerprint density at radius 2 is 1.95 bits per heavy atom. The van der Waals surface area contributed by atoms with E-state index in [4.69, 9.17) is 5.11 Å². The number of halogens is 3. The summed E-state index contributed by atoms with van der Waals surface area (Å²) in [5, 5.41) is 13.5. The first-order valence-corrected chi connectivity index (χ1v) is 6.14. The molecule has 1 N–H and O–H groups in total. The van der Waals surface area contributed by atoms with Crippen LogP contribution in [0, 0.1) is 0 Å². The van der Waals surface area contributed by atoms with E-state index in [2.05, 4.69) is 5.10 Å². The fraction of sp³-hybridized carbons (Fsp3) is 0.385. The van der Waals surface area contributed by atoms with Crippen molar-refractivity contribution in [2.75, 3.05) is 0 Å². The van der Waals surface area contributed by atoms with Crippen molar-refractivity contribution in [3.8, 4) is 0 Å². The Morgan fingerprint density at radius 3 is 2.60 bits per heavy atom. The lowest BCUT2D eigenvalue weighted by Crippen LogP contribution is -2.08. The Kier molecular flexibility index (Phi) is 3.96. The molecule has 1 aromatic carbocycles. The predicted octanol–water partition coefficient (Wildman–Crippen LogP) is 3.47. The Morgan fingerprint density at radius 1 is 1.25 bits per heavy atom. The standard InChI is InChI=1S/C13H13F3N2O2/c14-13(15,16)7-3-4-8-18-10-6-2-1-5-9(10)11(17-18)12(19)20/h1-2,5-6H,3-4,7-8H2,(H,19,20). The summed E-state index contributed by atoms with van der Waals surface area (Å²) in [7, 11) is 0. The van der Waals surface area contributed by atoms with E-state index in [-0.39, 0.29) is 18.7 Å². The maximum Gasteiger partial charge on any atom is 0.389 e. The van der Waals surface area contributed by atoms with E-state index in [1.807, 2.05) is 0 Å². The number of fused-ring (bicyclic) bond motifs is 1. The molecule has 0 spiro atoms. The van der Waals surface area contributed by atoms with E-state index >= 15 is 0 Å². The maximum atomic E-state index is 12.0. The van der Waals surface area contributed by atoms with Gasteiger partial charge in [0.25, 0.3) is 0 Å². The van der Waals surface area contributed by atoms with Crippen LogP contribution in [0.3, 0.4) is 0 Å². The second kappa shape index (κ2) is 5.52. The lowest BCUT2D eigenvalue weighted by atomic mass is 10.2. The zero-order valence-corrected chi connectivity index (χ0v) is 10.5. The molecule has 0 aliphatic carbocycles. The molecule has 2 aromatic rings. The van der Waals surface area contributed by atoms with Crippen molar-refractivity contribution < 1.29 is 23.1 Å². The van der Waals surface area contributed by atoms with Crippen molar-refractivity contribution in [1.82, 2.24) is 9.78 Å². The Bertz CT molecular complexity index is 620. The van der Waals surface area contributed by atoms with Gasteiger partial charge in [0.15, 0.2) is 5.69 Å². The molecule has 20 heavy (non-hydrogen) atoms. The minimum absolute atomic E-state index is 0.0000909. The van der Waals surface area contributed by atoms with Gasteiger partial charge in [-0.15, -0.1) is 0 Å². The number of alkyl halides is 3. The highest BCUT2D eigenvalue weighted by atomic mass is 19.4. The van der Waals surface area contributed by atoms with E-state index in [0.717, 1.165) is 0 Å². The molecule has 0 saturated carbocycles. The number of aryl methyl sites for hydroxylation is 1. The SMILES string of the molecule is O=C(O)c1nn(CCCCC(F)(F)F)c2ccccc12. The van der Waals surface area contributed by atoms with Crippen LogP contribution in [0.1, 0.15) is 29.8 Å². The highest BCUT2D eigenvalue weighted by Crippen LogP contribution is 2.23. The van der Waals surface area contributed by atoms with E-state index in [0.29, 0.717) is 17.3 Å².